The predicted octanol–water partition coefficient (Wildman–Crippen LogP) is 4.86. The molecular formula is C13H16BrCl2NO. The van der Waals surface area contributed by atoms with Crippen LogP contribution in [-0.4, -0.2) is 17.3 Å². The number of hydrogen-bond donors (Lipinski definition) is 2. The molecule has 0 aliphatic heterocycles. The summed E-state index contributed by atoms with van der Waals surface area (Å²) in [5.74, 6) is 0. The number of halogens is 3. The van der Waals surface area contributed by atoms with E-state index in [2.05, 4.69) is 21.2 Å². The van der Waals surface area contributed by atoms with Crippen LogP contribution in [0.1, 0.15) is 32.1 Å². The number of benzene rings is 1. The lowest BCUT2D eigenvalue weighted by Gasteiger charge is -2.24. The largest absolute Gasteiger partial charge is 0.391 e. The molecule has 1 aliphatic carbocycles. The van der Waals surface area contributed by atoms with Crippen LogP contribution >= 0.6 is 39.1 Å². The van der Waals surface area contributed by atoms with Crippen LogP contribution in [0.2, 0.25) is 10.0 Å². The van der Waals surface area contributed by atoms with E-state index >= 15 is 0 Å². The average Bonchev–Trinajstić information content (AvgIpc) is 2.49. The van der Waals surface area contributed by atoms with Gasteiger partial charge in [0.1, 0.15) is 0 Å². The molecule has 0 heterocycles. The van der Waals surface area contributed by atoms with E-state index in [1.807, 2.05) is 0 Å². The van der Waals surface area contributed by atoms with Crippen LogP contribution in [0, 0.1) is 0 Å². The Morgan fingerprint density at radius 3 is 2.39 bits per heavy atom. The first-order chi connectivity index (χ1) is 8.58. The van der Waals surface area contributed by atoms with Gasteiger partial charge in [0.25, 0.3) is 0 Å². The van der Waals surface area contributed by atoms with Crippen LogP contribution in [0.4, 0.5) is 5.69 Å². The van der Waals surface area contributed by atoms with Gasteiger partial charge in [0, 0.05) is 4.47 Å². The smallest absolute Gasteiger partial charge is 0.0741 e. The van der Waals surface area contributed by atoms with Gasteiger partial charge in [-0.25, -0.2) is 0 Å². The molecule has 2 unspecified atom stereocenters. The quantitative estimate of drug-likeness (QED) is 0.745. The van der Waals surface area contributed by atoms with E-state index < -0.39 is 0 Å². The fourth-order valence-electron chi connectivity index (χ4n) is 2.32. The van der Waals surface area contributed by atoms with Crippen LogP contribution in [-0.2, 0) is 0 Å². The lowest BCUT2D eigenvalue weighted by molar-refractivity contribution is 0.144. The first kappa shape index (κ1) is 14.4. The zero-order valence-electron chi connectivity index (χ0n) is 9.93. The van der Waals surface area contributed by atoms with Gasteiger partial charge in [-0.2, -0.15) is 0 Å². The second-order valence-electron chi connectivity index (χ2n) is 4.70. The first-order valence-electron chi connectivity index (χ1n) is 6.17. The van der Waals surface area contributed by atoms with Crippen molar-refractivity contribution < 1.29 is 5.11 Å². The van der Waals surface area contributed by atoms with Crippen LogP contribution in [0.3, 0.4) is 0 Å². The molecule has 2 rings (SSSR count). The number of nitrogens with one attached hydrogen (secondary N) is 1. The second-order valence-corrected chi connectivity index (χ2v) is 6.43. The van der Waals surface area contributed by atoms with Gasteiger partial charge in [-0.1, -0.05) is 58.4 Å². The van der Waals surface area contributed by atoms with Crippen molar-refractivity contribution in [3.8, 4) is 0 Å². The van der Waals surface area contributed by atoms with E-state index in [9.17, 15) is 5.11 Å². The van der Waals surface area contributed by atoms with Crippen molar-refractivity contribution in [2.24, 2.45) is 0 Å². The Bertz CT molecular complexity index is 404. The van der Waals surface area contributed by atoms with Crippen LogP contribution in [0.15, 0.2) is 16.6 Å². The molecule has 100 valence electrons. The highest BCUT2D eigenvalue weighted by atomic mass is 79.9. The number of rotatable bonds is 2. The van der Waals surface area contributed by atoms with Crippen molar-refractivity contribution in [1.82, 2.24) is 0 Å². The normalized spacial score (nSPS) is 24.7. The highest BCUT2D eigenvalue weighted by molar-refractivity contribution is 9.10. The zero-order chi connectivity index (χ0) is 13.1. The number of aliphatic hydroxyl groups is 1. The van der Waals surface area contributed by atoms with Crippen molar-refractivity contribution in [3.63, 3.8) is 0 Å². The SMILES string of the molecule is OC1CCCCCC1Nc1c(Cl)cc(Br)cc1Cl. The zero-order valence-corrected chi connectivity index (χ0v) is 13.0. The predicted molar refractivity (Wildman–Crippen MR) is 80.7 cm³/mol. The second kappa shape index (κ2) is 6.47. The van der Waals surface area contributed by atoms with Crippen molar-refractivity contribution >= 4 is 44.8 Å². The highest BCUT2D eigenvalue weighted by Crippen LogP contribution is 2.35. The third kappa shape index (κ3) is 3.53. The molecule has 5 heteroatoms. The fourth-order valence-corrected chi connectivity index (χ4v) is 3.64. The molecule has 2 nitrogen and oxygen atoms in total. The van der Waals surface area contributed by atoms with Gasteiger partial charge in [-0.15, -0.1) is 0 Å². The van der Waals surface area contributed by atoms with Gasteiger partial charge in [-0.3, -0.25) is 0 Å². The molecule has 0 saturated heterocycles. The van der Waals surface area contributed by atoms with Gasteiger partial charge in [0.05, 0.1) is 27.9 Å². The maximum atomic E-state index is 10.1. The number of hydrogen-bond acceptors (Lipinski definition) is 2. The average molecular weight is 353 g/mol. The van der Waals surface area contributed by atoms with Crippen molar-refractivity contribution in [2.45, 2.75) is 44.2 Å². The summed E-state index contributed by atoms with van der Waals surface area (Å²) in [5, 5.41) is 14.5. The third-order valence-corrected chi connectivity index (χ3v) is 4.37. The van der Waals surface area contributed by atoms with E-state index in [4.69, 9.17) is 23.2 Å². The molecule has 2 N–H and O–H groups in total. The minimum Gasteiger partial charge on any atom is -0.391 e. The highest BCUT2D eigenvalue weighted by Gasteiger charge is 2.23. The van der Waals surface area contributed by atoms with Crippen molar-refractivity contribution in [2.75, 3.05) is 5.32 Å². The molecular weight excluding hydrogens is 337 g/mol. The Hall–Kier alpha value is 0.0400. The summed E-state index contributed by atoms with van der Waals surface area (Å²) >= 11 is 15.7. The number of anilines is 1. The van der Waals surface area contributed by atoms with Crippen LogP contribution in [0.5, 0.6) is 0 Å². The Labute approximate surface area is 126 Å². The minimum atomic E-state index is -0.330. The fraction of sp³-hybridized carbons (Fsp3) is 0.538. The van der Waals surface area contributed by atoms with E-state index in [1.54, 1.807) is 12.1 Å². The Balaban J connectivity index is 2.17. The van der Waals surface area contributed by atoms with Crippen molar-refractivity contribution in [3.05, 3.63) is 26.7 Å². The lowest BCUT2D eigenvalue weighted by Crippen LogP contribution is -2.32. The Kier molecular flexibility index (Phi) is 5.19. The van der Waals surface area contributed by atoms with Crippen molar-refractivity contribution in [1.29, 1.82) is 0 Å². The maximum Gasteiger partial charge on any atom is 0.0741 e. The monoisotopic (exact) mass is 351 g/mol. The minimum absolute atomic E-state index is 0.0312. The molecule has 0 bridgehead atoms. The summed E-state index contributed by atoms with van der Waals surface area (Å²) in [5.41, 5.74) is 0.715. The molecule has 0 radical (unpaired) electrons. The molecule has 1 aromatic carbocycles. The number of aliphatic hydroxyl groups excluding tert-OH is 1. The molecule has 0 amide bonds. The Morgan fingerprint density at radius 1 is 1.11 bits per heavy atom. The first-order valence-corrected chi connectivity index (χ1v) is 7.72. The lowest BCUT2D eigenvalue weighted by atomic mass is 10.1. The van der Waals surface area contributed by atoms with Gasteiger partial charge >= 0.3 is 0 Å². The topological polar surface area (TPSA) is 32.3 Å². The molecule has 0 aromatic heterocycles. The molecule has 0 spiro atoms. The van der Waals surface area contributed by atoms with E-state index in [0.29, 0.717) is 15.7 Å². The molecule has 1 fully saturated rings. The van der Waals surface area contributed by atoms with Gasteiger partial charge in [0.2, 0.25) is 0 Å². The van der Waals surface area contributed by atoms with E-state index in [-0.39, 0.29) is 12.1 Å². The summed E-state index contributed by atoms with van der Waals surface area (Å²) < 4.78 is 0.851. The van der Waals surface area contributed by atoms with Gasteiger partial charge in [0.15, 0.2) is 0 Å². The van der Waals surface area contributed by atoms with Gasteiger partial charge < -0.3 is 10.4 Å². The summed E-state index contributed by atoms with van der Waals surface area (Å²) in [6.45, 7) is 0. The van der Waals surface area contributed by atoms with Gasteiger partial charge in [-0.05, 0) is 25.0 Å². The summed E-state index contributed by atoms with van der Waals surface area (Å²) in [6, 6.07) is 3.64. The summed E-state index contributed by atoms with van der Waals surface area (Å²) in [4.78, 5) is 0. The van der Waals surface area contributed by atoms with E-state index in [0.717, 1.165) is 30.2 Å². The molecule has 2 atom stereocenters. The Morgan fingerprint density at radius 2 is 1.72 bits per heavy atom. The molecule has 1 saturated carbocycles. The summed E-state index contributed by atoms with van der Waals surface area (Å²) in [7, 11) is 0. The van der Waals surface area contributed by atoms with Crippen LogP contribution in [0.25, 0.3) is 0 Å². The van der Waals surface area contributed by atoms with E-state index in [1.165, 1.54) is 6.42 Å². The third-order valence-electron chi connectivity index (χ3n) is 3.32. The molecule has 1 aliphatic rings. The van der Waals surface area contributed by atoms with Crippen LogP contribution < -0.4 is 5.32 Å². The molecule has 18 heavy (non-hydrogen) atoms. The standard InChI is InChI=1S/C13H16BrCl2NO/c14-8-6-9(15)13(10(16)7-8)17-11-4-2-1-3-5-12(11)18/h6-7,11-12,17-18H,1-5H2. The maximum absolute atomic E-state index is 10.1. The molecule has 1 aromatic rings. The summed E-state index contributed by atoms with van der Waals surface area (Å²) in [6.07, 6.45) is 4.84.